The van der Waals surface area contributed by atoms with Crippen molar-refractivity contribution in [3.05, 3.63) is 48.9 Å². The summed E-state index contributed by atoms with van der Waals surface area (Å²) in [5.74, 6) is 2.40. The van der Waals surface area contributed by atoms with Gasteiger partial charge in [-0.15, -0.1) is 0 Å². The van der Waals surface area contributed by atoms with Gasteiger partial charge >= 0.3 is 0 Å². The maximum atomic E-state index is 5.62. The van der Waals surface area contributed by atoms with Crippen molar-refractivity contribution in [2.24, 2.45) is 0 Å². The van der Waals surface area contributed by atoms with Crippen molar-refractivity contribution in [3.8, 4) is 22.8 Å². The Morgan fingerprint density at radius 1 is 1.24 bits per heavy atom. The monoisotopic (exact) mass is 390 g/mol. The molecule has 148 valence electrons. The average molecular weight is 390 g/mol. The Hall–Kier alpha value is -3.39. The molecule has 29 heavy (non-hydrogen) atoms. The lowest BCUT2D eigenvalue weighted by atomic mass is 10.0. The van der Waals surface area contributed by atoms with E-state index < -0.39 is 0 Å². The first kappa shape index (κ1) is 17.7. The van der Waals surface area contributed by atoms with Gasteiger partial charge in [-0.2, -0.15) is 5.10 Å². The number of aromatic amines is 1. The van der Waals surface area contributed by atoms with Gasteiger partial charge in [0.25, 0.3) is 0 Å². The maximum Gasteiger partial charge on any atom is 0.212 e. The zero-order chi connectivity index (χ0) is 19.8. The van der Waals surface area contributed by atoms with E-state index in [0.717, 1.165) is 40.3 Å². The SMILES string of the molecule is COc1ccc(-c2cc(N3CCOCC3C)nc3c2ccn3-c2ccn[nH]2)cn1. The number of hydrogen-bond acceptors (Lipinski definition) is 6. The predicted octanol–water partition coefficient (Wildman–Crippen LogP) is 3.04. The van der Waals surface area contributed by atoms with E-state index in [4.69, 9.17) is 14.5 Å². The molecule has 0 amide bonds. The fourth-order valence-corrected chi connectivity index (χ4v) is 3.79. The van der Waals surface area contributed by atoms with Crippen molar-refractivity contribution in [1.29, 1.82) is 0 Å². The molecule has 8 nitrogen and oxygen atoms in total. The van der Waals surface area contributed by atoms with Crippen molar-refractivity contribution < 1.29 is 9.47 Å². The van der Waals surface area contributed by atoms with Gasteiger partial charge in [0.15, 0.2) is 0 Å². The van der Waals surface area contributed by atoms with Crippen LogP contribution < -0.4 is 9.64 Å². The molecule has 1 atom stereocenters. The van der Waals surface area contributed by atoms with E-state index in [1.54, 1.807) is 13.3 Å². The third-order valence-corrected chi connectivity index (χ3v) is 5.31. The number of aromatic nitrogens is 5. The number of hydrogen-bond donors (Lipinski definition) is 1. The molecule has 0 spiro atoms. The summed E-state index contributed by atoms with van der Waals surface area (Å²) in [6.45, 7) is 4.37. The Kier molecular flexibility index (Phi) is 4.40. The highest BCUT2D eigenvalue weighted by Gasteiger charge is 2.23. The van der Waals surface area contributed by atoms with Gasteiger partial charge in [-0.3, -0.25) is 9.67 Å². The third kappa shape index (κ3) is 3.11. The van der Waals surface area contributed by atoms with E-state index >= 15 is 0 Å². The summed E-state index contributed by atoms with van der Waals surface area (Å²) in [5, 5.41) is 8.16. The fraction of sp³-hybridized carbons (Fsp3) is 0.286. The lowest BCUT2D eigenvalue weighted by Gasteiger charge is -2.34. The number of methoxy groups -OCH3 is 1. The van der Waals surface area contributed by atoms with Crippen molar-refractivity contribution in [1.82, 2.24) is 24.7 Å². The molecule has 1 aliphatic rings. The number of H-pyrrole nitrogens is 1. The van der Waals surface area contributed by atoms with E-state index in [9.17, 15) is 0 Å². The topological polar surface area (TPSA) is 81.1 Å². The van der Waals surface area contributed by atoms with Crippen LogP contribution in [-0.2, 0) is 4.74 Å². The molecule has 1 N–H and O–H groups in total. The van der Waals surface area contributed by atoms with Crippen LogP contribution >= 0.6 is 0 Å². The number of fused-ring (bicyclic) bond motifs is 1. The van der Waals surface area contributed by atoms with E-state index in [1.807, 2.05) is 35.2 Å². The lowest BCUT2D eigenvalue weighted by Crippen LogP contribution is -2.44. The number of morpholine rings is 1. The summed E-state index contributed by atoms with van der Waals surface area (Å²) in [6, 6.07) is 10.3. The molecule has 5 heterocycles. The summed E-state index contributed by atoms with van der Waals surface area (Å²) in [5.41, 5.74) is 2.97. The normalized spacial score (nSPS) is 17.0. The first-order chi connectivity index (χ1) is 14.2. The smallest absolute Gasteiger partial charge is 0.212 e. The fourth-order valence-electron chi connectivity index (χ4n) is 3.79. The molecule has 4 aromatic rings. The summed E-state index contributed by atoms with van der Waals surface area (Å²) in [6.07, 6.45) is 5.59. The van der Waals surface area contributed by atoms with Crippen LogP contribution in [0.1, 0.15) is 6.92 Å². The average Bonchev–Trinajstić information content (AvgIpc) is 3.43. The number of anilines is 1. The van der Waals surface area contributed by atoms with Crippen LogP contribution in [0.4, 0.5) is 5.82 Å². The molecule has 1 fully saturated rings. The van der Waals surface area contributed by atoms with Gasteiger partial charge in [0.1, 0.15) is 17.3 Å². The molecular formula is C21H22N6O2. The standard InChI is InChI=1S/C21H22N6O2/c1-14-13-29-10-9-26(14)19-11-17(15-3-4-20(28-2)22-12-15)16-6-8-27(21(16)24-19)18-5-7-23-25-18/h3-8,11-12,14H,9-10,13H2,1-2H3,(H,23,25). The molecule has 0 aliphatic carbocycles. The molecule has 1 unspecified atom stereocenters. The van der Waals surface area contributed by atoms with Crippen molar-refractivity contribution in [3.63, 3.8) is 0 Å². The third-order valence-electron chi connectivity index (χ3n) is 5.31. The van der Waals surface area contributed by atoms with Gasteiger partial charge in [-0.1, -0.05) is 0 Å². The molecule has 1 aliphatic heterocycles. The number of nitrogens with zero attached hydrogens (tertiary/aromatic N) is 5. The minimum absolute atomic E-state index is 0.256. The van der Waals surface area contributed by atoms with Crippen molar-refractivity contribution in [2.75, 3.05) is 31.8 Å². The highest BCUT2D eigenvalue weighted by atomic mass is 16.5. The van der Waals surface area contributed by atoms with Crippen LogP contribution in [0, 0.1) is 0 Å². The first-order valence-electron chi connectivity index (χ1n) is 9.61. The van der Waals surface area contributed by atoms with E-state index in [1.165, 1.54) is 0 Å². The molecule has 0 bridgehead atoms. The minimum Gasteiger partial charge on any atom is -0.481 e. The summed E-state index contributed by atoms with van der Waals surface area (Å²) >= 11 is 0. The number of ether oxygens (including phenoxy) is 2. The van der Waals surface area contributed by atoms with Crippen molar-refractivity contribution in [2.45, 2.75) is 13.0 Å². The maximum absolute atomic E-state index is 5.62. The Morgan fingerprint density at radius 2 is 2.17 bits per heavy atom. The highest BCUT2D eigenvalue weighted by Crippen LogP contribution is 2.34. The number of rotatable bonds is 4. The van der Waals surface area contributed by atoms with Gasteiger partial charge < -0.3 is 14.4 Å². The van der Waals surface area contributed by atoms with Crippen molar-refractivity contribution >= 4 is 16.9 Å². The summed E-state index contributed by atoms with van der Waals surface area (Å²) in [7, 11) is 1.62. The molecule has 8 heteroatoms. The molecule has 0 aromatic carbocycles. The minimum atomic E-state index is 0.256. The second-order valence-electron chi connectivity index (χ2n) is 7.10. The van der Waals surface area contributed by atoms with E-state index in [0.29, 0.717) is 19.1 Å². The Balaban J connectivity index is 1.71. The number of pyridine rings is 2. The second-order valence-corrected chi connectivity index (χ2v) is 7.10. The molecule has 0 radical (unpaired) electrons. The van der Waals surface area contributed by atoms with Gasteiger partial charge in [0.05, 0.1) is 32.6 Å². The quantitative estimate of drug-likeness (QED) is 0.577. The predicted molar refractivity (Wildman–Crippen MR) is 111 cm³/mol. The number of nitrogens with one attached hydrogen (secondary N) is 1. The largest absolute Gasteiger partial charge is 0.481 e. The van der Waals surface area contributed by atoms with Crippen LogP contribution in [0.5, 0.6) is 5.88 Å². The molecule has 1 saturated heterocycles. The first-order valence-corrected chi connectivity index (χ1v) is 9.61. The molecule has 0 saturated carbocycles. The lowest BCUT2D eigenvalue weighted by molar-refractivity contribution is 0.0986. The van der Waals surface area contributed by atoms with E-state index in [2.05, 4.69) is 39.1 Å². The summed E-state index contributed by atoms with van der Waals surface area (Å²) < 4.78 is 12.9. The van der Waals surface area contributed by atoms with Gasteiger partial charge in [0.2, 0.25) is 5.88 Å². The Morgan fingerprint density at radius 3 is 2.90 bits per heavy atom. The molecule has 5 rings (SSSR count). The van der Waals surface area contributed by atoms with Gasteiger partial charge in [-0.05, 0) is 30.7 Å². The zero-order valence-corrected chi connectivity index (χ0v) is 16.4. The Bertz CT molecular complexity index is 1120. The van der Waals surface area contributed by atoms with Gasteiger partial charge in [-0.25, -0.2) is 9.97 Å². The van der Waals surface area contributed by atoms with Crippen LogP contribution in [0.2, 0.25) is 0 Å². The van der Waals surface area contributed by atoms with Crippen LogP contribution in [-0.4, -0.2) is 57.6 Å². The van der Waals surface area contributed by atoms with E-state index in [-0.39, 0.29) is 6.04 Å². The summed E-state index contributed by atoms with van der Waals surface area (Å²) in [4.78, 5) is 11.7. The highest BCUT2D eigenvalue weighted by molar-refractivity contribution is 5.95. The van der Waals surface area contributed by atoms with Crippen LogP contribution in [0.25, 0.3) is 28.0 Å². The van der Waals surface area contributed by atoms with Crippen LogP contribution in [0.15, 0.2) is 48.9 Å². The molecular weight excluding hydrogens is 368 g/mol. The zero-order valence-electron chi connectivity index (χ0n) is 16.4. The Labute approximate surface area is 168 Å². The van der Waals surface area contributed by atoms with Crippen LogP contribution in [0.3, 0.4) is 0 Å². The second kappa shape index (κ2) is 7.21. The molecule has 4 aromatic heterocycles. The van der Waals surface area contributed by atoms with Gasteiger partial charge in [0, 0.05) is 42.0 Å².